The van der Waals surface area contributed by atoms with E-state index in [9.17, 15) is 4.79 Å². The van der Waals surface area contributed by atoms with Crippen LogP contribution in [-0.4, -0.2) is 30.2 Å². The lowest BCUT2D eigenvalue weighted by Crippen LogP contribution is -2.33. The monoisotopic (exact) mass is 264 g/mol. The van der Waals surface area contributed by atoms with Crippen molar-refractivity contribution in [1.82, 2.24) is 4.98 Å². The fourth-order valence-corrected chi connectivity index (χ4v) is 1.91. The fraction of sp³-hybridized carbons (Fsp3) is 0.571. The zero-order valence-corrected chi connectivity index (χ0v) is 11.6. The van der Waals surface area contributed by atoms with Gasteiger partial charge in [0.1, 0.15) is 6.04 Å². The number of aromatic nitrogens is 1. The van der Waals surface area contributed by atoms with Gasteiger partial charge in [0, 0.05) is 6.20 Å². The molecule has 1 heterocycles. The van der Waals surface area contributed by atoms with Gasteiger partial charge in [0.15, 0.2) is 0 Å². The quantitative estimate of drug-likeness (QED) is 0.798. The molecule has 0 bridgehead atoms. The number of rotatable bonds is 6. The lowest BCUT2D eigenvalue weighted by atomic mass is 10.2. The average Bonchev–Trinajstić information content (AvgIpc) is 3.20. The molecule has 1 aliphatic carbocycles. The molecule has 1 aliphatic rings. The number of pyridine rings is 1. The van der Waals surface area contributed by atoms with Gasteiger partial charge >= 0.3 is 5.97 Å². The maximum atomic E-state index is 11.8. The molecular formula is C14H20N2O3. The van der Waals surface area contributed by atoms with Crippen molar-refractivity contribution in [2.45, 2.75) is 38.8 Å². The van der Waals surface area contributed by atoms with Gasteiger partial charge in [-0.1, -0.05) is 0 Å². The van der Waals surface area contributed by atoms with E-state index in [2.05, 4.69) is 10.3 Å². The minimum absolute atomic E-state index is 0.0351. The van der Waals surface area contributed by atoms with Gasteiger partial charge in [0.2, 0.25) is 5.88 Å². The van der Waals surface area contributed by atoms with E-state index in [-0.39, 0.29) is 18.1 Å². The van der Waals surface area contributed by atoms with Gasteiger partial charge in [0.05, 0.1) is 18.9 Å². The van der Waals surface area contributed by atoms with Crippen molar-refractivity contribution < 1.29 is 14.3 Å². The summed E-state index contributed by atoms with van der Waals surface area (Å²) in [4.78, 5) is 16.0. The summed E-state index contributed by atoms with van der Waals surface area (Å²) in [5, 5.41) is 3.20. The van der Waals surface area contributed by atoms with Gasteiger partial charge in [-0.05, 0) is 44.7 Å². The molecule has 0 aliphatic heterocycles. The van der Waals surface area contributed by atoms with E-state index in [4.69, 9.17) is 9.47 Å². The van der Waals surface area contributed by atoms with Crippen LogP contribution in [0.3, 0.4) is 0 Å². The van der Waals surface area contributed by atoms with Gasteiger partial charge < -0.3 is 14.8 Å². The molecular weight excluding hydrogens is 244 g/mol. The fourth-order valence-electron chi connectivity index (χ4n) is 1.91. The van der Waals surface area contributed by atoms with Crippen molar-refractivity contribution in [3.8, 4) is 5.88 Å². The molecule has 1 aromatic heterocycles. The van der Waals surface area contributed by atoms with Gasteiger partial charge in [-0.2, -0.15) is 0 Å². The van der Waals surface area contributed by atoms with Gasteiger partial charge in [-0.25, -0.2) is 9.78 Å². The highest BCUT2D eigenvalue weighted by molar-refractivity contribution is 5.80. The third kappa shape index (κ3) is 3.59. The summed E-state index contributed by atoms with van der Waals surface area (Å²) in [6.45, 7) is 3.88. The first-order valence-corrected chi connectivity index (χ1v) is 6.58. The molecule has 0 radical (unpaired) electrons. The molecule has 2 rings (SSSR count). The van der Waals surface area contributed by atoms with Crippen LogP contribution in [0.4, 0.5) is 5.69 Å². The molecule has 19 heavy (non-hydrogen) atoms. The molecule has 104 valence electrons. The van der Waals surface area contributed by atoms with Crippen LogP contribution < -0.4 is 10.1 Å². The van der Waals surface area contributed by atoms with Crippen LogP contribution in [-0.2, 0) is 9.53 Å². The molecule has 1 aromatic rings. The molecule has 1 atom stereocenters. The second kappa shape index (κ2) is 5.91. The Morgan fingerprint density at radius 2 is 2.21 bits per heavy atom. The molecule has 1 saturated carbocycles. The Bertz CT molecular complexity index is 444. The predicted molar refractivity (Wildman–Crippen MR) is 72.2 cm³/mol. The molecule has 0 aromatic carbocycles. The van der Waals surface area contributed by atoms with E-state index < -0.39 is 0 Å². The topological polar surface area (TPSA) is 60.5 Å². The first-order valence-electron chi connectivity index (χ1n) is 6.58. The van der Waals surface area contributed by atoms with Crippen LogP contribution in [0.15, 0.2) is 18.3 Å². The van der Waals surface area contributed by atoms with Crippen molar-refractivity contribution in [2.24, 2.45) is 5.92 Å². The van der Waals surface area contributed by atoms with Crippen molar-refractivity contribution in [3.05, 3.63) is 18.3 Å². The molecule has 0 amide bonds. The first kappa shape index (κ1) is 13.6. The zero-order chi connectivity index (χ0) is 13.8. The number of carbonyl (C=O) groups is 1. The van der Waals surface area contributed by atoms with E-state index in [0.717, 1.165) is 18.5 Å². The number of nitrogens with zero attached hydrogens (tertiary/aromatic N) is 1. The number of ether oxygens (including phenoxy) is 2. The molecule has 1 unspecified atom stereocenters. The van der Waals surface area contributed by atoms with E-state index in [1.54, 1.807) is 6.20 Å². The smallest absolute Gasteiger partial charge is 0.328 e. The van der Waals surface area contributed by atoms with Crippen LogP contribution in [0.5, 0.6) is 5.88 Å². The van der Waals surface area contributed by atoms with Gasteiger partial charge in [-0.15, -0.1) is 0 Å². The Hall–Kier alpha value is -1.78. The van der Waals surface area contributed by atoms with Crippen LogP contribution in [0.2, 0.25) is 0 Å². The van der Waals surface area contributed by atoms with Crippen molar-refractivity contribution in [2.75, 3.05) is 12.4 Å². The summed E-state index contributed by atoms with van der Waals surface area (Å²) >= 11 is 0. The second-order valence-corrected chi connectivity index (χ2v) is 5.01. The van der Waals surface area contributed by atoms with Gasteiger partial charge in [-0.3, -0.25) is 0 Å². The Kier molecular flexibility index (Phi) is 4.24. The number of methoxy groups -OCH3 is 1. The summed E-state index contributed by atoms with van der Waals surface area (Å²) in [6.07, 6.45) is 3.81. The number of hydrogen-bond acceptors (Lipinski definition) is 5. The molecule has 1 fully saturated rings. The van der Waals surface area contributed by atoms with Crippen LogP contribution in [0.25, 0.3) is 0 Å². The molecule has 0 saturated heterocycles. The van der Waals surface area contributed by atoms with E-state index in [1.165, 1.54) is 7.11 Å². The minimum Gasteiger partial charge on any atom is -0.473 e. The lowest BCUT2D eigenvalue weighted by Gasteiger charge is -2.19. The van der Waals surface area contributed by atoms with Crippen LogP contribution in [0.1, 0.15) is 26.7 Å². The van der Waals surface area contributed by atoms with Crippen molar-refractivity contribution in [1.29, 1.82) is 0 Å². The summed E-state index contributed by atoms with van der Waals surface area (Å²) in [5.74, 6) is 0.633. The average molecular weight is 264 g/mol. The Balaban J connectivity index is 2.14. The molecule has 5 nitrogen and oxygen atoms in total. The van der Waals surface area contributed by atoms with Crippen molar-refractivity contribution >= 4 is 11.7 Å². The molecule has 0 spiro atoms. The third-order valence-corrected chi connectivity index (χ3v) is 2.98. The molecule has 5 heteroatoms. The standard InChI is InChI=1S/C14H20N2O3/c1-9(2)19-13-11(5-4-8-15-13)16-12(10-6-7-10)14(17)18-3/h4-5,8-10,12,16H,6-7H2,1-3H3. The lowest BCUT2D eigenvalue weighted by molar-refractivity contribution is -0.142. The second-order valence-electron chi connectivity index (χ2n) is 5.01. The van der Waals surface area contributed by atoms with E-state index >= 15 is 0 Å². The Labute approximate surface area is 113 Å². The highest BCUT2D eigenvalue weighted by Gasteiger charge is 2.37. The first-order chi connectivity index (χ1) is 9.11. The Morgan fingerprint density at radius 1 is 1.47 bits per heavy atom. The largest absolute Gasteiger partial charge is 0.473 e. The number of hydrogen-bond donors (Lipinski definition) is 1. The maximum absolute atomic E-state index is 11.8. The zero-order valence-electron chi connectivity index (χ0n) is 11.6. The van der Waals surface area contributed by atoms with Crippen LogP contribution in [0, 0.1) is 5.92 Å². The normalized spacial score (nSPS) is 16.0. The van der Waals surface area contributed by atoms with E-state index in [1.807, 2.05) is 26.0 Å². The summed E-state index contributed by atoms with van der Waals surface area (Å²) in [7, 11) is 1.41. The number of carbonyl (C=O) groups excluding carboxylic acids is 1. The SMILES string of the molecule is COC(=O)C(Nc1cccnc1OC(C)C)C1CC1. The molecule has 1 N–H and O–H groups in total. The van der Waals surface area contributed by atoms with Crippen molar-refractivity contribution in [3.63, 3.8) is 0 Å². The summed E-state index contributed by atoms with van der Waals surface area (Å²) < 4.78 is 10.5. The number of esters is 1. The number of anilines is 1. The van der Waals surface area contributed by atoms with E-state index in [0.29, 0.717) is 11.8 Å². The summed E-state index contributed by atoms with van der Waals surface area (Å²) in [6, 6.07) is 3.36. The number of nitrogens with one attached hydrogen (secondary N) is 1. The Morgan fingerprint density at radius 3 is 2.79 bits per heavy atom. The van der Waals surface area contributed by atoms with Crippen LogP contribution >= 0.6 is 0 Å². The minimum atomic E-state index is -0.316. The summed E-state index contributed by atoms with van der Waals surface area (Å²) in [5.41, 5.74) is 0.735. The highest BCUT2D eigenvalue weighted by Crippen LogP contribution is 2.36. The predicted octanol–water partition coefficient (Wildman–Crippen LogP) is 2.23. The van der Waals surface area contributed by atoms with Gasteiger partial charge in [0.25, 0.3) is 0 Å². The third-order valence-electron chi connectivity index (χ3n) is 2.98. The highest BCUT2D eigenvalue weighted by atomic mass is 16.5. The maximum Gasteiger partial charge on any atom is 0.328 e.